The van der Waals surface area contributed by atoms with Gasteiger partial charge in [0.25, 0.3) is 0 Å². The molecule has 0 aliphatic heterocycles. The lowest BCUT2D eigenvalue weighted by Crippen LogP contribution is -2.20. The van der Waals surface area contributed by atoms with Gasteiger partial charge in [-0.15, -0.1) is 11.3 Å². The van der Waals surface area contributed by atoms with Crippen LogP contribution in [0.3, 0.4) is 0 Å². The lowest BCUT2D eigenvalue weighted by Gasteiger charge is -2.18. The van der Waals surface area contributed by atoms with E-state index in [1.807, 2.05) is 14.0 Å². The molecule has 0 saturated heterocycles. The highest BCUT2D eigenvalue weighted by Gasteiger charge is 2.14. The number of aromatic nitrogens is 1. The van der Waals surface area contributed by atoms with Gasteiger partial charge in [-0.3, -0.25) is 0 Å². The molecule has 0 aliphatic rings. The van der Waals surface area contributed by atoms with Crippen LogP contribution in [-0.4, -0.2) is 12.0 Å². The Hall–Kier alpha value is -0.710. The van der Waals surface area contributed by atoms with Gasteiger partial charge in [0, 0.05) is 22.3 Å². The van der Waals surface area contributed by atoms with Crippen LogP contribution in [0, 0.1) is 13.8 Å². The van der Waals surface area contributed by atoms with Crippen LogP contribution < -0.4 is 5.32 Å². The van der Waals surface area contributed by atoms with E-state index in [0.29, 0.717) is 6.04 Å². The maximum absolute atomic E-state index is 4.54. The minimum absolute atomic E-state index is 0.319. The molecular formula is C14H17BrN2S. The molecule has 0 aliphatic carbocycles. The van der Waals surface area contributed by atoms with Crippen molar-refractivity contribution in [2.45, 2.75) is 26.3 Å². The molecular weight excluding hydrogens is 308 g/mol. The Morgan fingerprint density at radius 1 is 1.39 bits per heavy atom. The number of benzene rings is 1. The molecule has 2 aromatic rings. The maximum atomic E-state index is 4.54. The van der Waals surface area contributed by atoms with Gasteiger partial charge in [-0.2, -0.15) is 0 Å². The highest BCUT2D eigenvalue weighted by Crippen LogP contribution is 2.24. The number of hydrogen-bond acceptors (Lipinski definition) is 3. The van der Waals surface area contributed by atoms with Crippen LogP contribution in [0.1, 0.15) is 27.9 Å². The second-order valence-corrected chi connectivity index (χ2v) is 6.38. The Labute approximate surface area is 121 Å². The molecule has 2 rings (SSSR count). The van der Waals surface area contributed by atoms with Gasteiger partial charge >= 0.3 is 0 Å². The topological polar surface area (TPSA) is 24.9 Å². The van der Waals surface area contributed by atoms with Crippen LogP contribution in [0.4, 0.5) is 0 Å². The smallest absolute Gasteiger partial charge is 0.0897 e. The molecule has 1 unspecified atom stereocenters. The van der Waals surface area contributed by atoms with Gasteiger partial charge in [0.05, 0.1) is 10.7 Å². The van der Waals surface area contributed by atoms with Crippen molar-refractivity contribution in [3.63, 3.8) is 0 Å². The Kier molecular flexibility index (Phi) is 4.54. The van der Waals surface area contributed by atoms with Crippen LogP contribution in [-0.2, 0) is 6.42 Å². The largest absolute Gasteiger partial charge is 0.313 e. The van der Waals surface area contributed by atoms with E-state index < -0.39 is 0 Å². The van der Waals surface area contributed by atoms with Gasteiger partial charge in [-0.25, -0.2) is 4.98 Å². The Bertz CT molecular complexity index is 536. The average Bonchev–Trinajstić information content (AvgIpc) is 2.72. The molecule has 96 valence electrons. The fraction of sp³-hybridized carbons (Fsp3) is 0.357. The van der Waals surface area contributed by atoms with E-state index in [1.54, 1.807) is 11.3 Å². The van der Waals surface area contributed by atoms with Crippen molar-refractivity contribution in [3.05, 3.63) is 49.9 Å². The quantitative estimate of drug-likeness (QED) is 0.918. The molecule has 1 aromatic heterocycles. The van der Waals surface area contributed by atoms with Crippen molar-refractivity contribution in [1.29, 1.82) is 0 Å². The second kappa shape index (κ2) is 5.95. The fourth-order valence-corrected chi connectivity index (χ4v) is 3.21. The first-order chi connectivity index (χ1) is 8.60. The van der Waals surface area contributed by atoms with Crippen LogP contribution in [0.15, 0.2) is 28.1 Å². The lowest BCUT2D eigenvalue weighted by atomic mass is 9.98. The maximum Gasteiger partial charge on any atom is 0.0897 e. The summed E-state index contributed by atoms with van der Waals surface area (Å²) >= 11 is 5.22. The van der Waals surface area contributed by atoms with E-state index in [-0.39, 0.29) is 0 Å². The molecule has 0 radical (unpaired) electrons. The minimum atomic E-state index is 0.319. The standard InChI is InChI=1S/C14H17BrN2S/c1-9-6-11(15)4-5-13(9)14(16-3)7-12-8-18-10(2)17-12/h4-6,8,14,16H,7H2,1-3H3. The van der Waals surface area contributed by atoms with Gasteiger partial charge in [0.2, 0.25) is 0 Å². The SMILES string of the molecule is CNC(Cc1csc(C)n1)c1ccc(Br)cc1C. The summed E-state index contributed by atoms with van der Waals surface area (Å²) in [6.45, 7) is 4.20. The second-order valence-electron chi connectivity index (χ2n) is 4.40. The molecule has 0 bridgehead atoms. The number of halogens is 1. The number of rotatable bonds is 4. The monoisotopic (exact) mass is 324 g/mol. The molecule has 1 aromatic carbocycles. The third-order valence-corrected chi connectivity index (χ3v) is 4.35. The van der Waals surface area contributed by atoms with Crippen LogP contribution in [0.2, 0.25) is 0 Å². The zero-order valence-electron chi connectivity index (χ0n) is 10.8. The molecule has 1 N–H and O–H groups in total. The third-order valence-electron chi connectivity index (χ3n) is 3.04. The summed E-state index contributed by atoms with van der Waals surface area (Å²) in [6.07, 6.45) is 0.934. The fourth-order valence-electron chi connectivity index (χ4n) is 2.11. The number of thiazole rings is 1. The predicted octanol–water partition coefficient (Wildman–Crippen LogP) is 4.03. The average molecular weight is 325 g/mol. The van der Waals surface area contributed by atoms with E-state index in [9.17, 15) is 0 Å². The predicted molar refractivity (Wildman–Crippen MR) is 81.2 cm³/mol. The first-order valence-corrected chi connectivity index (χ1v) is 7.61. The molecule has 0 spiro atoms. The molecule has 0 amide bonds. The molecule has 4 heteroatoms. The molecule has 0 saturated carbocycles. The Morgan fingerprint density at radius 2 is 2.17 bits per heavy atom. The minimum Gasteiger partial charge on any atom is -0.313 e. The van der Waals surface area contributed by atoms with Crippen LogP contribution in [0.5, 0.6) is 0 Å². The van der Waals surface area contributed by atoms with Crippen molar-refractivity contribution in [2.24, 2.45) is 0 Å². The highest BCUT2D eigenvalue weighted by molar-refractivity contribution is 9.10. The van der Waals surface area contributed by atoms with Gasteiger partial charge in [-0.05, 0) is 44.2 Å². The van der Waals surface area contributed by atoms with E-state index >= 15 is 0 Å². The van der Waals surface area contributed by atoms with Crippen molar-refractivity contribution in [2.75, 3.05) is 7.05 Å². The summed E-state index contributed by atoms with van der Waals surface area (Å²) in [5.74, 6) is 0. The molecule has 18 heavy (non-hydrogen) atoms. The lowest BCUT2D eigenvalue weighted by molar-refractivity contribution is 0.582. The summed E-state index contributed by atoms with van der Waals surface area (Å²) in [7, 11) is 2.01. The van der Waals surface area contributed by atoms with Gasteiger partial charge in [-0.1, -0.05) is 22.0 Å². The zero-order chi connectivity index (χ0) is 13.1. The summed E-state index contributed by atoms with van der Waals surface area (Å²) in [5.41, 5.74) is 3.81. The van der Waals surface area contributed by atoms with Gasteiger partial charge < -0.3 is 5.32 Å². The van der Waals surface area contributed by atoms with Crippen molar-refractivity contribution in [3.8, 4) is 0 Å². The van der Waals surface area contributed by atoms with Crippen LogP contribution in [0.25, 0.3) is 0 Å². The normalized spacial score (nSPS) is 12.7. The van der Waals surface area contributed by atoms with Crippen LogP contribution >= 0.6 is 27.3 Å². The van der Waals surface area contributed by atoms with Crippen molar-refractivity contribution < 1.29 is 0 Å². The number of likely N-dealkylation sites (N-methyl/N-ethyl adjacent to an activating group) is 1. The Morgan fingerprint density at radius 3 is 2.72 bits per heavy atom. The van der Waals surface area contributed by atoms with Gasteiger partial charge in [0.1, 0.15) is 0 Å². The number of aryl methyl sites for hydroxylation is 2. The summed E-state index contributed by atoms with van der Waals surface area (Å²) < 4.78 is 1.13. The molecule has 2 nitrogen and oxygen atoms in total. The highest BCUT2D eigenvalue weighted by atomic mass is 79.9. The van der Waals surface area contributed by atoms with E-state index in [2.05, 4.69) is 56.7 Å². The summed E-state index contributed by atoms with van der Waals surface area (Å²) in [4.78, 5) is 4.54. The zero-order valence-corrected chi connectivity index (χ0v) is 13.2. The number of hydrogen-bond donors (Lipinski definition) is 1. The first kappa shape index (κ1) is 13.7. The third kappa shape index (κ3) is 3.19. The molecule has 1 heterocycles. The first-order valence-electron chi connectivity index (χ1n) is 5.94. The van der Waals surface area contributed by atoms with Crippen molar-refractivity contribution in [1.82, 2.24) is 10.3 Å². The number of nitrogens with zero attached hydrogens (tertiary/aromatic N) is 1. The molecule has 1 atom stereocenters. The molecule has 0 fully saturated rings. The Balaban J connectivity index is 2.22. The van der Waals surface area contributed by atoms with E-state index in [4.69, 9.17) is 0 Å². The van der Waals surface area contributed by atoms with Crippen molar-refractivity contribution >= 4 is 27.3 Å². The summed E-state index contributed by atoms with van der Waals surface area (Å²) in [6, 6.07) is 6.75. The summed E-state index contributed by atoms with van der Waals surface area (Å²) in [5, 5.41) is 6.66. The van der Waals surface area contributed by atoms with Gasteiger partial charge in [0.15, 0.2) is 0 Å². The van der Waals surface area contributed by atoms with E-state index in [1.165, 1.54) is 16.8 Å². The van der Waals surface area contributed by atoms with E-state index in [0.717, 1.165) is 15.9 Å². The number of nitrogens with one attached hydrogen (secondary N) is 1.